The van der Waals surface area contributed by atoms with Crippen molar-refractivity contribution < 1.29 is 11.0 Å². The Hall–Kier alpha value is -0.0800. The summed E-state index contributed by atoms with van der Waals surface area (Å²) in [6.45, 7) is 6.79. The molecule has 0 bridgehead atoms. The maximum absolute atomic E-state index is 2.43. The Balaban J connectivity index is 0. The molecular formula is C17H38O2. The summed E-state index contributed by atoms with van der Waals surface area (Å²) in [6.07, 6.45) is 16.4. The largest absolute Gasteiger partial charge is 0.412 e. The third kappa shape index (κ3) is 8.65. The number of hydrogen-bond donors (Lipinski definition) is 0. The number of rotatable bonds is 2. The summed E-state index contributed by atoms with van der Waals surface area (Å²) in [4.78, 5) is 0. The first-order valence-electron chi connectivity index (χ1n) is 8.27. The van der Waals surface area contributed by atoms with E-state index in [0.717, 1.165) is 17.8 Å². The zero-order chi connectivity index (χ0) is 12.5. The van der Waals surface area contributed by atoms with E-state index in [1.54, 1.807) is 25.7 Å². The van der Waals surface area contributed by atoms with E-state index in [4.69, 9.17) is 0 Å². The van der Waals surface area contributed by atoms with Gasteiger partial charge in [-0.05, 0) is 30.6 Å². The van der Waals surface area contributed by atoms with Gasteiger partial charge < -0.3 is 11.0 Å². The fourth-order valence-electron chi connectivity index (χ4n) is 3.36. The van der Waals surface area contributed by atoms with E-state index in [2.05, 4.69) is 20.8 Å². The normalized spacial score (nSPS) is 27.3. The fourth-order valence-corrected chi connectivity index (χ4v) is 3.36. The first kappa shape index (κ1) is 21.2. The van der Waals surface area contributed by atoms with E-state index < -0.39 is 0 Å². The van der Waals surface area contributed by atoms with Crippen LogP contribution in [0.2, 0.25) is 0 Å². The van der Waals surface area contributed by atoms with E-state index in [1.807, 2.05) is 0 Å². The highest BCUT2D eigenvalue weighted by Crippen LogP contribution is 2.39. The third-order valence-corrected chi connectivity index (χ3v) is 4.88. The van der Waals surface area contributed by atoms with Crippen molar-refractivity contribution >= 4 is 0 Å². The summed E-state index contributed by atoms with van der Waals surface area (Å²) in [5.41, 5.74) is 0. The fraction of sp³-hybridized carbons (Fsp3) is 1.00. The predicted octanol–water partition coefficient (Wildman–Crippen LogP) is 4.55. The highest BCUT2D eigenvalue weighted by Gasteiger charge is 2.26. The minimum absolute atomic E-state index is 0. The van der Waals surface area contributed by atoms with Crippen LogP contribution in [0.1, 0.15) is 91.4 Å². The van der Waals surface area contributed by atoms with Gasteiger partial charge in [0.05, 0.1) is 0 Å². The van der Waals surface area contributed by atoms with Crippen LogP contribution in [0.25, 0.3) is 0 Å². The molecule has 2 saturated carbocycles. The Morgan fingerprint density at radius 1 is 0.632 bits per heavy atom. The lowest BCUT2D eigenvalue weighted by Crippen LogP contribution is -2.22. The Labute approximate surface area is 121 Å². The lowest BCUT2D eigenvalue weighted by atomic mass is 9.71. The van der Waals surface area contributed by atoms with Gasteiger partial charge >= 0.3 is 0 Å². The van der Waals surface area contributed by atoms with Crippen LogP contribution in [0, 0.1) is 17.8 Å². The molecule has 0 aromatic carbocycles. The topological polar surface area (TPSA) is 63.0 Å². The standard InChI is InChI=1S/C13H24.C4H10.2H2O/c1-11-7-9-13(10-8-11)12-5-3-2-4-6-12;1-3-4-2;;/h11-13H,2-10H2,1H3;3-4H2,1-2H3;2*1H2. The van der Waals surface area contributed by atoms with Gasteiger partial charge in [-0.3, -0.25) is 0 Å². The lowest BCUT2D eigenvalue weighted by molar-refractivity contribution is 0.173. The second kappa shape index (κ2) is 12.9. The summed E-state index contributed by atoms with van der Waals surface area (Å²) < 4.78 is 0. The van der Waals surface area contributed by atoms with Gasteiger partial charge in [0.2, 0.25) is 0 Å². The van der Waals surface area contributed by atoms with Crippen molar-refractivity contribution in [3.8, 4) is 0 Å². The van der Waals surface area contributed by atoms with Crippen molar-refractivity contribution in [3.63, 3.8) is 0 Å². The van der Waals surface area contributed by atoms with E-state index >= 15 is 0 Å². The molecule has 4 N–H and O–H groups in total. The second-order valence-electron chi connectivity index (χ2n) is 6.42. The molecule has 0 radical (unpaired) electrons. The summed E-state index contributed by atoms with van der Waals surface area (Å²) in [5, 5.41) is 0. The van der Waals surface area contributed by atoms with E-state index in [-0.39, 0.29) is 11.0 Å². The molecular weight excluding hydrogens is 236 g/mol. The molecule has 19 heavy (non-hydrogen) atoms. The first-order chi connectivity index (χ1) is 8.27. The van der Waals surface area contributed by atoms with Gasteiger partial charge in [-0.2, -0.15) is 0 Å². The second-order valence-corrected chi connectivity index (χ2v) is 6.42. The molecule has 0 aromatic heterocycles. The Kier molecular flexibility index (Phi) is 14.4. The molecule has 2 heteroatoms. The Morgan fingerprint density at radius 2 is 1.05 bits per heavy atom. The highest BCUT2D eigenvalue weighted by atomic mass is 16.0. The molecule has 0 aliphatic heterocycles. The zero-order valence-electron chi connectivity index (χ0n) is 13.5. The van der Waals surface area contributed by atoms with E-state index in [0.29, 0.717) is 0 Å². The molecule has 2 nitrogen and oxygen atoms in total. The third-order valence-electron chi connectivity index (χ3n) is 4.88. The van der Waals surface area contributed by atoms with Crippen molar-refractivity contribution in [2.75, 3.05) is 0 Å². The van der Waals surface area contributed by atoms with Gasteiger partial charge in [-0.25, -0.2) is 0 Å². The smallest absolute Gasteiger partial charge is 0.0386 e. The monoisotopic (exact) mass is 274 g/mol. The van der Waals surface area contributed by atoms with Crippen LogP contribution < -0.4 is 0 Å². The van der Waals surface area contributed by atoms with Crippen LogP contribution >= 0.6 is 0 Å². The molecule has 0 heterocycles. The van der Waals surface area contributed by atoms with Crippen molar-refractivity contribution in [1.82, 2.24) is 0 Å². The maximum atomic E-state index is 2.43. The minimum Gasteiger partial charge on any atom is -0.412 e. The van der Waals surface area contributed by atoms with Crippen LogP contribution in [0.3, 0.4) is 0 Å². The highest BCUT2D eigenvalue weighted by molar-refractivity contribution is 4.78. The van der Waals surface area contributed by atoms with Gasteiger partial charge in [-0.15, -0.1) is 0 Å². The van der Waals surface area contributed by atoms with Crippen molar-refractivity contribution in [1.29, 1.82) is 0 Å². The van der Waals surface area contributed by atoms with Crippen LogP contribution in [0.15, 0.2) is 0 Å². The van der Waals surface area contributed by atoms with Gasteiger partial charge in [-0.1, -0.05) is 78.6 Å². The number of unbranched alkanes of at least 4 members (excludes halogenated alkanes) is 1. The summed E-state index contributed by atoms with van der Waals surface area (Å²) >= 11 is 0. The molecule has 118 valence electrons. The molecule has 0 unspecified atom stereocenters. The SMILES string of the molecule is CC1CCC(C2CCCCC2)CC1.CCCC.O.O. The van der Waals surface area contributed by atoms with Crippen LogP contribution in [-0.2, 0) is 0 Å². The summed E-state index contributed by atoms with van der Waals surface area (Å²) in [7, 11) is 0. The zero-order valence-corrected chi connectivity index (χ0v) is 13.5. The average Bonchev–Trinajstić information content (AvgIpc) is 2.41. The van der Waals surface area contributed by atoms with E-state index in [1.165, 1.54) is 44.9 Å². The maximum Gasteiger partial charge on any atom is -0.0386 e. The van der Waals surface area contributed by atoms with Gasteiger partial charge in [0.25, 0.3) is 0 Å². The molecule has 0 atom stereocenters. The van der Waals surface area contributed by atoms with Crippen LogP contribution in [0.5, 0.6) is 0 Å². The Morgan fingerprint density at radius 3 is 1.47 bits per heavy atom. The quantitative estimate of drug-likeness (QED) is 0.709. The summed E-state index contributed by atoms with van der Waals surface area (Å²) in [5.74, 6) is 3.28. The molecule has 0 amide bonds. The van der Waals surface area contributed by atoms with E-state index in [9.17, 15) is 0 Å². The summed E-state index contributed by atoms with van der Waals surface area (Å²) in [6, 6.07) is 0. The average molecular weight is 274 g/mol. The molecule has 0 saturated heterocycles. The first-order valence-corrected chi connectivity index (χ1v) is 8.27. The molecule has 2 rings (SSSR count). The van der Waals surface area contributed by atoms with Gasteiger partial charge in [0.15, 0.2) is 0 Å². The van der Waals surface area contributed by atoms with Crippen molar-refractivity contribution in [2.24, 2.45) is 17.8 Å². The molecule has 0 aromatic rings. The number of hydrogen-bond acceptors (Lipinski definition) is 0. The molecule has 2 fully saturated rings. The lowest BCUT2D eigenvalue weighted by Gasteiger charge is -2.34. The van der Waals surface area contributed by atoms with Gasteiger partial charge in [0, 0.05) is 0 Å². The Bertz CT molecular complexity index is 166. The van der Waals surface area contributed by atoms with Gasteiger partial charge in [0.1, 0.15) is 0 Å². The minimum atomic E-state index is 0. The van der Waals surface area contributed by atoms with Crippen molar-refractivity contribution in [2.45, 2.75) is 91.4 Å². The predicted molar refractivity (Wildman–Crippen MR) is 85.5 cm³/mol. The van der Waals surface area contributed by atoms with Crippen LogP contribution in [-0.4, -0.2) is 11.0 Å². The molecule has 2 aliphatic rings. The van der Waals surface area contributed by atoms with Crippen molar-refractivity contribution in [3.05, 3.63) is 0 Å². The molecule has 2 aliphatic carbocycles. The molecule has 0 spiro atoms. The van der Waals surface area contributed by atoms with Crippen LogP contribution in [0.4, 0.5) is 0 Å².